The number of benzene rings is 1. The Bertz CT molecular complexity index is 374. The molecule has 0 aromatic heterocycles. The van der Waals surface area contributed by atoms with E-state index in [4.69, 9.17) is 0 Å². The number of hydrogen-bond acceptors (Lipinski definition) is 1. The predicted octanol–water partition coefficient (Wildman–Crippen LogP) is 3.29. The third kappa shape index (κ3) is 2.88. The van der Waals surface area contributed by atoms with Crippen LogP contribution in [0.25, 0.3) is 0 Å². The molecule has 3 heteroatoms. The van der Waals surface area contributed by atoms with Crippen molar-refractivity contribution in [2.75, 3.05) is 5.75 Å². The topological polar surface area (TPSA) is 17.1 Å². The maximum absolute atomic E-state index is 12.8. The van der Waals surface area contributed by atoms with E-state index in [2.05, 4.69) is 0 Å². The Morgan fingerprint density at radius 1 is 1.27 bits per heavy atom. The van der Waals surface area contributed by atoms with Crippen molar-refractivity contribution in [1.82, 2.24) is 0 Å². The minimum Gasteiger partial charge on any atom is -0.254 e. The van der Waals surface area contributed by atoms with Gasteiger partial charge in [-0.15, -0.1) is 0 Å². The Morgan fingerprint density at radius 3 is 2.40 bits per heavy atom. The molecule has 0 bridgehead atoms. The zero-order valence-corrected chi connectivity index (χ0v) is 10.3. The number of halogens is 1. The van der Waals surface area contributed by atoms with Gasteiger partial charge in [-0.2, -0.15) is 0 Å². The second kappa shape index (κ2) is 5.40. The lowest BCUT2D eigenvalue weighted by Gasteiger charge is -2.09. The fourth-order valence-corrected chi connectivity index (χ4v) is 2.77. The summed E-state index contributed by atoms with van der Waals surface area (Å²) in [6, 6.07) is 3.66. The zero-order chi connectivity index (χ0) is 11.4. The molecule has 0 saturated heterocycles. The molecular formula is C12H17FOS. The highest BCUT2D eigenvalue weighted by molar-refractivity contribution is 7.85. The highest BCUT2D eigenvalue weighted by atomic mass is 32.2. The molecule has 84 valence electrons. The highest BCUT2D eigenvalue weighted by Crippen LogP contribution is 2.21. The van der Waals surface area contributed by atoms with Crippen LogP contribution in [0.1, 0.15) is 30.0 Å². The molecule has 0 spiro atoms. The molecule has 1 unspecified atom stereocenters. The van der Waals surface area contributed by atoms with Crippen molar-refractivity contribution in [2.45, 2.75) is 38.8 Å². The number of rotatable bonds is 4. The Labute approximate surface area is 93.2 Å². The van der Waals surface area contributed by atoms with Gasteiger partial charge in [-0.3, -0.25) is 4.21 Å². The van der Waals surface area contributed by atoms with Gasteiger partial charge in [-0.05, 0) is 43.0 Å². The highest BCUT2D eigenvalue weighted by Gasteiger charge is 2.10. The van der Waals surface area contributed by atoms with Crippen LogP contribution < -0.4 is 0 Å². The summed E-state index contributed by atoms with van der Waals surface area (Å²) in [7, 11) is -1.05. The molecule has 0 aliphatic rings. The number of alkyl halides is 1. The van der Waals surface area contributed by atoms with Crippen molar-refractivity contribution in [2.24, 2.45) is 0 Å². The summed E-state index contributed by atoms with van der Waals surface area (Å²) >= 11 is 0. The quantitative estimate of drug-likeness (QED) is 0.773. The van der Waals surface area contributed by atoms with E-state index in [0.717, 1.165) is 17.5 Å². The van der Waals surface area contributed by atoms with Crippen molar-refractivity contribution in [1.29, 1.82) is 0 Å². The van der Waals surface area contributed by atoms with Gasteiger partial charge in [0.05, 0.1) is 10.8 Å². The average Bonchev–Trinajstić information content (AvgIpc) is 2.21. The SMILES string of the molecule is CCCS(=O)c1cc(C)c(C)cc1CF. The van der Waals surface area contributed by atoms with E-state index in [1.165, 1.54) is 0 Å². The van der Waals surface area contributed by atoms with Crippen LogP contribution in [-0.4, -0.2) is 9.96 Å². The van der Waals surface area contributed by atoms with Crippen LogP contribution in [0.4, 0.5) is 4.39 Å². The molecular weight excluding hydrogens is 211 g/mol. The fourth-order valence-electron chi connectivity index (χ4n) is 1.46. The minimum atomic E-state index is -1.05. The van der Waals surface area contributed by atoms with E-state index >= 15 is 0 Å². The van der Waals surface area contributed by atoms with Crippen molar-refractivity contribution >= 4 is 10.8 Å². The molecule has 0 radical (unpaired) electrons. The predicted molar refractivity (Wildman–Crippen MR) is 62.3 cm³/mol. The van der Waals surface area contributed by atoms with E-state index in [-0.39, 0.29) is 0 Å². The Balaban J connectivity index is 3.15. The van der Waals surface area contributed by atoms with E-state index in [1.54, 1.807) is 6.07 Å². The van der Waals surface area contributed by atoms with Crippen molar-refractivity contribution < 1.29 is 8.60 Å². The summed E-state index contributed by atoms with van der Waals surface area (Å²) in [5, 5.41) is 0. The van der Waals surface area contributed by atoms with Crippen LogP contribution in [-0.2, 0) is 17.5 Å². The molecule has 1 atom stereocenters. The van der Waals surface area contributed by atoms with Crippen molar-refractivity contribution in [3.8, 4) is 0 Å². The molecule has 0 saturated carbocycles. The van der Waals surface area contributed by atoms with Crippen molar-refractivity contribution in [3.63, 3.8) is 0 Å². The van der Waals surface area contributed by atoms with E-state index < -0.39 is 17.5 Å². The zero-order valence-electron chi connectivity index (χ0n) is 9.47. The summed E-state index contributed by atoms with van der Waals surface area (Å²) in [5.41, 5.74) is 2.71. The molecule has 1 rings (SSSR count). The summed E-state index contributed by atoms with van der Waals surface area (Å²) < 4.78 is 24.6. The van der Waals surface area contributed by atoms with Gasteiger partial charge < -0.3 is 0 Å². The number of hydrogen-bond donors (Lipinski definition) is 0. The van der Waals surface area contributed by atoms with Crippen LogP contribution in [0.15, 0.2) is 17.0 Å². The molecule has 0 aliphatic carbocycles. The van der Waals surface area contributed by atoms with Gasteiger partial charge in [-0.1, -0.05) is 13.0 Å². The van der Waals surface area contributed by atoms with E-state index in [0.29, 0.717) is 16.2 Å². The molecule has 15 heavy (non-hydrogen) atoms. The van der Waals surface area contributed by atoms with E-state index in [1.807, 2.05) is 26.8 Å². The van der Waals surface area contributed by atoms with Gasteiger partial charge in [0.25, 0.3) is 0 Å². The van der Waals surface area contributed by atoms with Crippen LogP contribution in [0.3, 0.4) is 0 Å². The summed E-state index contributed by atoms with van der Waals surface area (Å²) in [5.74, 6) is 0.607. The molecule has 0 fully saturated rings. The lowest BCUT2D eigenvalue weighted by molar-refractivity contribution is 0.479. The van der Waals surface area contributed by atoms with Gasteiger partial charge in [0.2, 0.25) is 0 Å². The molecule has 0 aliphatic heterocycles. The average molecular weight is 228 g/mol. The maximum Gasteiger partial charge on any atom is 0.116 e. The lowest BCUT2D eigenvalue weighted by Crippen LogP contribution is -2.02. The minimum absolute atomic E-state index is 0.536. The first-order valence-electron chi connectivity index (χ1n) is 5.14. The van der Waals surface area contributed by atoms with Gasteiger partial charge in [0.15, 0.2) is 0 Å². The van der Waals surface area contributed by atoms with Crippen LogP contribution >= 0.6 is 0 Å². The third-order valence-corrected chi connectivity index (χ3v) is 4.11. The van der Waals surface area contributed by atoms with Crippen LogP contribution in [0.2, 0.25) is 0 Å². The standard InChI is InChI=1S/C12H17FOS/c1-4-5-15(14)12-7-10(3)9(2)6-11(12)8-13/h6-7H,4-5,8H2,1-3H3. The Kier molecular flexibility index (Phi) is 4.45. The Hall–Kier alpha value is -0.700. The summed E-state index contributed by atoms with van der Waals surface area (Å²) in [6.07, 6.45) is 0.852. The first-order valence-corrected chi connectivity index (χ1v) is 6.46. The molecule has 0 amide bonds. The van der Waals surface area contributed by atoms with Crippen LogP contribution in [0, 0.1) is 13.8 Å². The van der Waals surface area contributed by atoms with Gasteiger partial charge in [0.1, 0.15) is 6.67 Å². The largest absolute Gasteiger partial charge is 0.254 e. The molecule has 1 aromatic carbocycles. The third-order valence-electron chi connectivity index (χ3n) is 2.46. The second-order valence-corrected chi connectivity index (χ2v) is 5.27. The van der Waals surface area contributed by atoms with Crippen LogP contribution in [0.5, 0.6) is 0 Å². The monoisotopic (exact) mass is 228 g/mol. The fraction of sp³-hybridized carbons (Fsp3) is 0.500. The first-order chi connectivity index (χ1) is 7.10. The summed E-state index contributed by atoms with van der Waals surface area (Å²) in [6.45, 7) is 5.35. The number of aryl methyl sites for hydroxylation is 2. The first kappa shape index (κ1) is 12.4. The second-order valence-electron chi connectivity index (χ2n) is 3.73. The maximum atomic E-state index is 12.8. The molecule has 0 heterocycles. The summed E-state index contributed by atoms with van der Waals surface area (Å²) in [4.78, 5) is 0.669. The molecule has 1 nitrogen and oxygen atoms in total. The van der Waals surface area contributed by atoms with Gasteiger partial charge in [-0.25, -0.2) is 4.39 Å². The van der Waals surface area contributed by atoms with Crippen molar-refractivity contribution in [3.05, 3.63) is 28.8 Å². The van der Waals surface area contributed by atoms with Gasteiger partial charge in [0, 0.05) is 10.6 Å². The van der Waals surface area contributed by atoms with E-state index in [9.17, 15) is 8.60 Å². The Morgan fingerprint density at radius 2 is 1.87 bits per heavy atom. The normalized spacial score (nSPS) is 12.8. The smallest absolute Gasteiger partial charge is 0.116 e. The van der Waals surface area contributed by atoms with Gasteiger partial charge >= 0.3 is 0 Å². The molecule has 1 aromatic rings. The molecule has 0 N–H and O–H groups in total. The lowest BCUT2D eigenvalue weighted by atomic mass is 10.1.